The summed E-state index contributed by atoms with van der Waals surface area (Å²) < 4.78 is 30.3. The van der Waals surface area contributed by atoms with Crippen LogP contribution >= 0.6 is 0 Å². The van der Waals surface area contributed by atoms with Crippen LogP contribution in [0.3, 0.4) is 0 Å². The first-order valence-corrected chi connectivity index (χ1v) is 7.21. The molecule has 0 spiro atoms. The van der Waals surface area contributed by atoms with Gasteiger partial charge in [0, 0.05) is 6.54 Å². The van der Waals surface area contributed by atoms with Crippen molar-refractivity contribution in [2.75, 3.05) is 13.7 Å². The number of carbonyl (C=O) groups excluding carboxylic acids is 1. The molecule has 0 aromatic rings. The molecular weight excluding hydrogens is 276 g/mol. The molecule has 21 heavy (non-hydrogen) atoms. The number of amides is 1. The Morgan fingerprint density at radius 3 is 2.33 bits per heavy atom. The Hall–Kier alpha value is -1.08. The summed E-state index contributed by atoms with van der Waals surface area (Å²) in [5.74, 6) is 0.243. The van der Waals surface area contributed by atoms with Crippen LogP contribution in [0.25, 0.3) is 0 Å². The standard InChI is InChI=1S/C14H23BFNO4/c1-13(2)14(3,4)21-15(20-13)11(16)10-6-9(7-10)8-17-12(18)19-5/h9H,6-8H2,1-5H3,(H,17,18). The number of rotatable bonds is 3. The molecular formula is C14H23BFNO4. The topological polar surface area (TPSA) is 56.8 Å². The van der Waals surface area contributed by atoms with Crippen molar-refractivity contribution < 1.29 is 23.2 Å². The van der Waals surface area contributed by atoms with Crippen LogP contribution in [0.15, 0.2) is 11.3 Å². The summed E-state index contributed by atoms with van der Waals surface area (Å²) in [6.07, 6.45) is 0.763. The van der Waals surface area contributed by atoms with Crippen molar-refractivity contribution in [3.05, 3.63) is 11.3 Å². The van der Waals surface area contributed by atoms with Crippen LogP contribution in [0.4, 0.5) is 9.18 Å². The van der Waals surface area contributed by atoms with Gasteiger partial charge < -0.3 is 19.4 Å². The third kappa shape index (κ3) is 3.24. The molecule has 0 bridgehead atoms. The molecule has 1 amide bonds. The molecule has 0 radical (unpaired) electrons. The molecule has 1 N–H and O–H groups in total. The lowest BCUT2D eigenvalue weighted by Gasteiger charge is -2.32. The molecule has 7 heteroatoms. The second kappa shape index (κ2) is 5.61. The van der Waals surface area contributed by atoms with Gasteiger partial charge in [-0.2, -0.15) is 0 Å². The maximum Gasteiger partial charge on any atom is 0.525 e. The molecule has 0 unspecified atom stereocenters. The maximum atomic E-state index is 14.4. The van der Waals surface area contributed by atoms with E-state index in [-0.39, 0.29) is 11.6 Å². The lowest BCUT2D eigenvalue weighted by molar-refractivity contribution is 0.00578. The lowest BCUT2D eigenvalue weighted by Crippen LogP contribution is -2.41. The molecule has 1 aliphatic carbocycles. The second-order valence-electron chi connectivity index (χ2n) is 6.69. The van der Waals surface area contributed by atoms with Gasteiger partial charge in [-0.1, -0.05) is 0 Å². The van der Waals surface area contributed by atoms with Gasteiger partial charge in [0.25, 0.3) is 0 Å². The van der Waals surface area contributed by atoms with Crippen molar-refractivity contribution in [3.8, 4) is 0 Å². The molecule has 1 heterocycles. The maximum absolute atomic E-state index is 14.4. The summed E-state index contributed by atoms with van der Waals surface area (Å²) in [6.45, 7) is 8.08. The minimum atomic E-state index is -0.917. The Labute approximate surface area is 125 Å². The van der Waals surface area contributed by atoms with Gasteiger partial charge in [0.15, 0.2) is 0 Å². The number of carbonyl (C=O) groups is 1. The zero-order valence-corrected chi connectivity index (χ0v) is 13.3. The predicted molar refractivity (Wildman–Crippen MR) is 77.3 cm³/mol. The summed E-state index contributed by atoms with van der Waals surface area (Å²) >= 11 is 0. The minimum Gasteiger partial charge on any atom is -0.453 e. The smallest absolute Gasteiger partial charge is 0.453 e. The number of allylic oxidation sites excluding steroid dienone is 1. The van der Waals surface area contributed by atoms with Gasteiger partial charge >= 0.3 is 13.2 Å². The highest BCUT2D eigenvalue weighted by atomic mass is 19.1. The van der Waals surface area contributed by atoms with Crippen molar-refractivity contribution in [2.24, 2.45) is 5.92 Å². The zero-order valence-electron chi connectivity index (χ0n) is 13.3. The fourth-order valence-electron chi connectivity index (χ4n) is 2.39. The van der Waals surface area contributed by atoms with E-state index < -0.39 is 24.4 Å². The Bertz CT molecular complexity index is 440. The lowest BCUT2D eigenvalue weighted by atomic mass is 9.72. The van der Waals surface area contributed by atoms with E-state index in [2.05, 4.69) is 10.1 Å². The SMILES string of the molecule is COC(=O)NCC1CC(=C(F)B2OC(C)(C)C(C)(C)O2)C1. The first kappa shape index (κ1) is 16.3. The molecule has 1 saturated heterocycles. The first-order chi connectivity index (χ1) is 9.66. The molecule has 0 aromatic heterocycles. The van der Waals surface area contributed by atoms with Crippen LogP contribution in [0, 0.1) is 5.92 Å². The van der Waals surface area contributed by atoms with E-state index in [0.29, 0.717) is 25.0 Å². The van der Waals surface area contributed by atoms with Gasteiger partial charge in [-0.3, -0.25) is 0 Å². The quantitative estimate of drug-likeness (QED) is 0.814. The fourth-order valence-corrected chi connectivity index (χ4v) is 2.39. The van der Waals surface area contributed by atoms with Crippen LogP contribution in [0.1, 0.15) is 40.5 Å². The largest absolute Gasteiger partial charge is 0.525 e. The van der Waals surface area contributed by atoms with Crippen molar-refractivity contribution in [2.45, 2.75) is 51.7 Å². The first-order valence-electron chi connectivity index (χ1n) is 7.21. The summed E-state index contributed by atoms with van der Waals surface area (Å²) in [6, 6.07) is 0. The van der Waals surface area contributed by atoms with E-state index in [4.69, 9.17) is 9.31 Å². The summed E-state index contributed by atoms with van der Waals surface area (Å²) in [7, 11) is 0.402. The zero-order chi connectivity index (χ0) is 15.8. The molecule has 2 fully saturated rings. The molecule has 0 aromatic carbocycles. The number of nitrogens with one attached hydrogen (secondary N) is 1. The number of hydrogen-bond donors (Lipinski definition) is 1. The Kier molecular flexibility index (Phi) is 4.35. The molecule has 118 valence electrons. The van der Waals surface area contributed by atoms with E-state index in [1.54, 1.807) is 0 Å². The van der Waals surface area contributed by atoms with Crippen LogP contribution in [-0.2, 0) is 14.0 Å². The number of methoxy groups -OCH3 is 1. The Balaban J connectivity index is 1.88. The van der Waals surface area contributed by atoms with Crippen molar-refractivity contribution in [3.63, 3.8) is 0 Å². The van der Waals surface area contributed by atoms with E-state index in [1.807, 2.05) is 27.7 Å². The number of ether oxygens (including phenoxy) is 1. The van der Waals surface area contributed by atoms with E-state index in [0.717, 1.165) is 0 Å². The molecule has 5 nitrogen and oxygen atoms in total. The van der Waals surface area contributed by atoms with Crippen molar-refractivity contribution in [1.29, 1.82) is 0 Å². The third-order valence-electron chi connectivity index (χ3n) is 4.59. The normalized spacial score (nSPS) is 26.3. The van der Waals surface area contributed by atoms with Gasteiger partial charge in [0.1, 0.15) is 5.73 Å². The Morgan fingerprint density at radius 2 is 1.86 bits per heavy atom. The highest BCUT2D eigenvalue weighted by Crippen LogP contribution is 2.42. The third-order valence-corrected chi connectivity index (χ3v) is 4.59. The average molecular weight is 299 g/mol. The highest BCUT2D eigenvalue weighted by molar-refractivity contribution is 6.53. The van der Waals surface area contributed by atoms with Gasteiger partial charge in [-0.25, -0.2) is 9.18 Å². The molecule has 1 aliphatic heterocycles. The van der Waals surface area contributed by atoms with E-state index in [1.165, 1.54) is 7.11 Å². The number of hydrogen-bond acceptors (Lipinski definition) is 4. The molecule has 0 atom stereocenters. The molecule has 1 saturated carbocycles. The highest BCUT2D eigenvalue weighted by Gasteiger charge is 2.54. The predicted octanol–water partition coefficient (Wildman–Crippen LogP) is 2.61. The van der Waals surface area contributed by atoms with Crippen LogP contribution in [0.2, 0.25) is 0 Å². The van der Waals surface area contributed by atoms with Gasteiger partial charge in [0.05, 0.1) is 18.3 Å². The summed E-state index contributed by atoms with van der Waals surface area (Å²) in [4.78, 5) is 11.0. The monoisotopic (exact) mass is 299 g/mol. The number of halogens is 1. The van der Waals surface area contributed by atoms with Gasteiger partial charge in [0.2, 0.25) is 0 Å². The van der Waals surface area contributed by atoms with Gasteiger partial charge in [-0.05, 0) is 52.0 Å². The summed E-state index contributed by atoms with van der Waals surface area (Å²) in [5, 5.41) is 2.62. The van der Waals surface area contributed by atoms with E-state index >= 15 is 0 Å². The molecule has 2 aliphatic rings. The minimum absolute atomic E-state index is 0.243. The summed E-state index contributed by atoms with van der Waals surface area (Å²) in [5.41, 5.74) is -0.677. The van der Waals surface area contributed by atoms with E-state index in [9.17, 15) is 9.18 Å². The van der Waals surface area contributed by atoms with Crippen LogP contribution < -0.4 is 5.32 Å². The second-order valence-corrected chi connectivity index (χ2v) is 6.69. The van der Waals surface area contributed by atoms with Crippen LogP contribution in [0.5, 0.6) is 0 Å². The van der Waals surface area contributed by atoms with Gasteiger partial charge in [-0.15, -0.1) is 0 Å². The number of alkyl carbamates (subject to hydrolysis) is 1. The van der Waals surface area contributed by atoms with Crippen molar-refractivity contribution >= 4 is 13.2 Å². The van der Waals surface area contributed by atoms with Crippen LogP contribution in [-0.4, -0.2) is 38.1 Å². The molecule has 2 rings (SSSR count). The Morgan fingerprint density at radius 1 is 1.33 bits per heavy atom. The average Bonchev–Trinajstić information content (AvgIpc) is 2.55. The fraction of sp³-hybridized carbons (Fsp3) is 0.786. The van der Waals surface area contributed by atoms with Crippen molar-refractivity contribution in [1.82, 2.24) is 5.32 Å².